The van der Waals surface area contributed by atoms with E-state index in [4.69, 9.17) is 4.74 Å². The first-order valence-corrected chi connectivity index (χ1v) is 11.7. The number of amides is 1. The van der Waals surface area contributed by atoms with Gasteiger partial charge in [0, 0.05) is 45.0 Å². The highest BCUT2D eigenvalue weighted by atomic mass is 16.5. The molecule has 2 N–H and O–H groups in total. The van der Waals surface area contributed by atoms with E-state index < -0.39 is 0 Å². The third-order valence-corrected chi connectivity index (χ3v) is 6.16. The lowest BCUT2D eigenvalue weighted by Crippen LogP contribution is -2.51. The van der Waals surface area contributed by atoms with Crippen LogP contribution in [0.3, 0.4) is 0 Å². The third kappa shape index (κ3) is 7.13. The molecule has 0 radical (unpaired) electrons. The van der Waals surface area contributed by atoms with E-state index in [9.17, 15) is 4.79 Å². The van der Waals surface area contributed by atoms with Crippen molar-refractivity contribution in [3.05, 3.63) is 60.3 Å². The third-order valence-electron chi connectivity index (χ3n) is 6.16. The number of allylic oxidation sites excluding steroid dienone is 1. The number of carbonyl (C=O) groups excluding carboxylic acids is 1. The quantitative estimate of drug-likeness (QED) is 0.340. The lowest BCUT2D eigenvalue weighted by Gasteiger charge is -2.47. The fourth-order valence-electron chi connectivity index (χ4n) is 3.88. The molecular weight excluding hydrogens is 442 g/mol. The lowest BCUT2D eigenvalue weighted by molar-refractivity contribution is -0.124. The van der Waals surface area contributed by atoms with Crippen molar-refractivity contribution in [1.29, 1.82) is 0 Å². The van der Waals surface area contributed by atoms with Crippen molar-refractivity contribution < 1.29 is 9.53 Å². The molecule has 2 fully saturated rings. The number of nitrogens with one attached hydrogen (secondary N) is 2. The minimum atomic E-state index is -0.0821. The number of rotatable bonds is 8. The van der Waals surface area contributed by atoms with Gasteiger partial charge in [-0.05, 0) is 50.7 Å². The molecule has 2 aliphatic rings. The standard InChI is InChI=1S/C17H23N3O2.C9H12N4/c1-2-3-8-18-16(21)14-4-5-15(19-11-14)20-9-6-17(7-10-20)12-22-13-17;1-10-8-6-4-5-7-9(8)12-13(3)11-2/h2-5,11H,6-10,12-13H2,1H3,(H,18,21);4-7,12H,1-2H2,3H3/b3-2+;. The van der Waals surface area contributed by atoms with Crippen LogP contribution in [0.5, 0.6) is 0 Å². The molecule has 0 aliphatic carbocycles. The Morgan fingerprint density at radius 2 is 1.97 bits per heavy atom. The minimum absolute atomic E-state index is 0.0821. The van der Waals surface area contributed by atoms with Gasteiger partial charge < -0.3 is 15.0 Å². The van der Waals surface area contributed by atoms with E-state index in [-0.39, 0.29) is 5.91 Å². The number of hydrogen-bond acceptors (Lipinski definition) is 8. The number of para-hydroxylation sites is 2. The van der Waals surface area contributed by atoms with Gasteiger partial charge in [-0.2, -0.15) is 5.10 Å². The van der Waals surface area contributed by atoms with Gasteiger partial charge in [0.1, 0.15) is 5.82 Å². The molecule has 9 nitrogen and oxygen atoms in total. The Morgan fingerprint density at radius 3 is 2.54 bits per heavy atom. The highest BCUT2D eigenvalue weighted by Gasteiger charge is 2.41. The van der Waals surface area contributed by atoms with Crippen LogP contribution in [-0.2, 0) is 4.74 Å². The number of pyridine rings is 1. The fraction of sp³-hybridized carbons (Fsp3) is 0.385. The molecule has 3 heterocycles. The van der Waals surface area contributed by atoms with Crippen molar-refractivity contribution in [1.82, 2.24) is 15.4 Å². The van der Waals surface area contributed by atoms with Crippen LogP contribution in [0.1, 0.15) is 30.1 Å². The van der Waals surface area contributed by atoms with Crippen molar-refractivity contribution >= 4 is 36.5 Å². The molecule has 1 aromatic heterocycles. The van der Waals surface area contributed by atoms with Gasteiger partial charge in [0.2, 0.25) is 0 Å². The van der Waals surface area contributed by atoms with Crippen molar-refractivity contribution in [3.8, 4) is 0 Å². The fourth-order valence-corrected chi connectivity index (χ4v) is 3.88. The predicted molar refractivity (Wildman–Crippen MR) is 143 cm³/mol. The Morgan fingerprint density at radius 1 is 1.23 bits per heavy atom. The Kier molecular flexibility index (Phi) is 9.37. The summed E-state index contributed by atoms with van der Waals surface area (Å²) in [7, 11) is 1.76. The monoisotopic (exact) mass is 477 g/mol. The second-order valence-corrected chi connectivity index (χ2v) is 8.62. The summed E-state index contributed by atoms with van der Waals surface area (Å²) in [5.41, 5.74) is 5.66. The summed E-state index contributed by atoms with van der Waals surface area (Å²) >= 11 is 0. The molecule has 2 aliphatic heterocycles. The highest BCUT2D eigenvalue weighted by molar-refractivity contribution is 5.94. The molecule has 0 saturated carbocycles. The van der Waals surface area contributed by atoms with Crippen LogP contribution in [0.2, 0.25) is 0 Å². The largest absolute Gasteiger partial charge is 0.380 e. The van der Waals surface area contributed by atoms with Crippen LogP contribution in [0.4, 0.5) is 17.2 Å². The zero-order valence-corrected chi connectivity index (χ0v) is 20.6. The number of hydrazine groups is 1. The number of anilines is 2. The topological polar surface area (TPSA) is 94.5 Å². The first-order valence-electron chi connectivity index (χ1n) is 11.7. The zero-order valence-electron chi connectivity index (χ0n) is 20.6. The number of aromatic nitrogens is 1. The smallest absolute Gasteiger partial charge is 0.253 e. The van der Waals surface area contributed by atoms with E-state index in [2.05, 4.69) is 44.2 Å². The zero-order chi connectivity index (χ0) is 25.1. The molecule has 1 spiro atoms. The SMILES string of the molecule is C/C=C/CNC(=O)c1ccc(N2CCC3(CC2)COC3)nc1.C=Nc1ccccc1NN(C)N=C. The van der Waals surface area contributed by atoms with Gasteiger partial charge in [-0.3, -0.25) is 15.2 Å². The Balaban J connectivity index is 0.000000225. The van der Waals surface area contributed by atoms with E-state index in [1.165, 1.54) is 18.0 Å². The van der Waals surface area contributed by atoms with Crippen LogP contribution in [-0.4, -0.2) is 69.3 Å². The average molecular weight is 478 g/mol. The highest BCUT2D eigenvalue weighted by Crippen LogP contribution is 2.39. The number of piperidine rings is 1. The maximum Gasteiger partial charge on any atom is 0.253 e. The van der Waals surface area contributed by atoms with E-state index in [1.54, 1.807) is 13.2 Å². The average Bonchev–Trinajstić information content (AvgIpc) is 2.88. The number of hydrogen-bond donors (Lipinski definition) is 2. The number of ether oxygens (including phenoxy) is 1. The van der Waals surface area contributed by atoms with Gasteiger partial charge in [0.15, 0.2) is 0 Å². The van der Waals surface area contributed by atoms with Crippen molar-refractivity contribution in [2.75, 3.05) is 50.2 Å². The predicted octanol–water partition coefficient (Wildman–Crippen LogP) is 3.90. The van der Waals surface area contributed by atoms with Crippen LogP contribution in [0.25, 0.3) is 0 Å². The van der Waals surface area contributed by atoms with Gasteiger partial charge in [0.25, 0.3) is 5.91 Å². The van der Waals surface area contributed by atoms with Crippen molar-refractivity contribution in [3.63, 3.8) is 0 Å². The number of carbonyl (C=O) groups is 1. The molecule has 35 heavy (non-hydrogen) atoms. The number of hydrazone groups is 1. The molecule has 9 heteroatoms. The minimum Gasteiger partial charge on any atom is -0.380 e. The Hall–Kier alpha value is -3.72. The molecule has 4 rings (SSSR count). The van der Waals surface area contributed by atoms with E-state index in [0.29, 0.717) is 17.5 Å². The maximum absolute atomic E-state index is 11.9. The van der Waals surface area contributed by atoms with Crippen molar-refractivity contribution in [2.45, 2.75) is 19.8 Å². The first-order chi connectivity index (χ1) is 17.0. The van der Waals surface area contributed by atoms with Crippen LogP contribution in [0, 0.1) is 5.41 Å². The van der Waals surface area contributed by atoms with Gasteiger partial charge in [0.05, 0.1) is 30.2 Å². The Labute approximate surface area is 207 Å². The number of aliphatic imine (C=N–C) groups is 1. The second-order valence-electron chi connectivity index (χ2n) is 8.62. The first kappa shape index (κ1) is 25.9. The van der Waals surface area contributed by atoms with E-state index in [0.717, 1.165) is 43.5 Å². The van der Waals surface area contributed by atoms with Gasteiger partial charge in [-0.1, -0.05) is 24.3 Å². The van der Waals surface area contributed by atoms with Crippen molar-refractivity contribution in [2.24, 2.45) is 15.5 Å². The lowest BCUT2D eigenvalue weighted by atomic mass is 9.77. The van der Waals surface area contributed by atoms with E-state index >= 15 is 0 Å². The summed E-state index contributed by atoms with van der Waals surface area (Å²) in [4.78, 5) is 22.5. The Bertz CT molecular complexity index is 1010. The maximum atomic E-state index is 11.9. The molecule has 0 atom stereocenters. The number of nitrogens with zero attached hydrogens (tertiary/aromatic N) is 5. The van der Waals surface area contributed by atoms with Gasteiger partial charge in [-0.25, -0.2) is 10.1 Å². The molecule has 0 bridgehead atoms. The summed E-state index contributed by atoms with van der Waals surface area (Å²) in [6.45, 7) is 13.2. The normalized spacial score (nSPS) is 16.0. The van der Waals surface area contributed by atoms with Gasteiger partial charge in [-0.15, -0.1) is 0 Å². The summed E-state index contributed by atoms with van der Waals surface area (Å²) in [5, 5.41) is 8.00. The summed E-state index contributed by atoms with van der Waals surface area (Å²) in [5.74, 6) is 0.876. The van der Waals surface area contributed by atoms with E-state index in [1.807, 2.05) is 55.5 Å². The summed E-state index contributed by atoms with van der Waals surface area (Å²) in [6, 6.07) is 11.4. The molecule has 186 valence electrons. The van der Waals surface area contributed by atoms with Gasteiger partial charge >= 0.3 is 0 Å². The molecule has 1 aromatic carbocycles. The van der Waals surface area contributed by atoms with Crippen LogP contribution in [0.15, 0.2) is 64.8 Å². The van der Waals surface area contributed by atoms with Crippen LogP contribution < -0.4 is 15.6 Å². The molecular formula is C26H35N7O2. The molecule has 0 unspecified atom stereocenters. The molecule has 2 aromatic rings. The number of benzene rings is 1. The molecule has 2 saturated heterocycles. The van der Waals surface area contributed by atoms with Crippen LogP contribution >= 0.6 is 0 Å². The second kappa shape index (κ2) is 12.7. The molecule has 1 amide bonds. The summed E-state index contributed by atoms with van der Waals surface area (Å²) < 4.78 is 5.36. The summed E-state index contributed by atoms with van der Waals surface area (Å²) in [6.07, 6.45) is 7.82.